The maximum absolute atomic E-state index is 13.5. The molecule has 0 aromatic heterocycles. The van der Waals surface area contributed by atoms with Crippen molar-refractivity contribution in [3.63, 3.8) is 0 Å². The lowest BCUT2D eigenvalue weighted by atomic mass is 9.92. The van der Waals surface area contributed by atoms with E-state index in [9.17, 15) is 61.9 Å². The summed E-state index contributed by atoms with van der Waals surface area (Å²) in [6.45, 7) is 2.13. The van der Waals surface area contributed by atoms with Crippen molar-refractivity contribution in [2.45, 2.75) is 49.1 Å². The minimum atomic E-state index is -7.92. The lowest BCUT2D eigenvalue weighted by molar-refractivity contribution is -0.440. The van der Waals surface area contributed by atoms with Crippen LogP contribution in [0.4, 0.5) is 57.1 Å². The highest BCUT2D eigenvalue weighted by atomic mass is 19.4. The van der Waals surface area contributed by atoms with E-state index in [-0.39, 0.29) is 0 Å². The van der Waals surface area contributed by atoms with E-state index in [0.29, 0.717) is 11.0 Å². The first kappa shape index (κ1) is 26.3. The summed E-state index contributed by atoms with van der Waals surface area (Å²) in [5, 5.41) is 0. The Balaban J connectivity index is 5.98. The summed E-state index contributed by atoms with van der Waals surface area (Å²) in [6.07, 6.45) is -9.39. The smallest absolute Gasteiger partial charge is 0.339 e. The van der Waals surface area contributed by atoms with Crippen molar-refractivity contribution in [1.29, 1.82) is 0 Å². The zero-order valence-electron chi connectivity index (χ0n) is 13.7. The summed E-state index contributed by atoms with van der Waals surface area (Å²) in [6, 6.07) is 0. The Kier molecular flexibility index (Phi) is 7.15. The summed E-state index contributed by atoms with van der Waals surface area (Å²) in [5.74, 6) is -38.2. The van der Waals surface area contributed by atoms with E-state index < -0.39 is 61.2 Å². The molecule has 0 fully saturated rings. The highest BCUT2D eigenvalue weighted by Gasteiger charge is 2.90. The molecular weight excluding hydrogens is 433 g/mol. The molecule has 15 heteroatoms. The SMILES string of the molecule is C=CC(=O)N(CC)CCC(F)(F)C(F)(F)C(F)(F)C(F)(F)C(F)(F)C(F)(F)F. The highest BCUT2D eigenvalue weighted by Crippen LogP contribution is 2.60. The predicted molar refractivity (Wildman–Crippen MR) is 67.9 cm³/mol. The van der Waals surface area contributed by atoms with Gasteiger partial charge in [0.25, 0.3) is 0 Å². The normalized spacial score (nSPS) is 14.8. The molecule has 0 atom stereocenters. The molecule has 0 aromatic carbocycles. The van der Waals surface area contributed by atoms with Crippen molar-refractivity contribution in [3.05, 3.63) is 12.7 Å². The molecule has 0 radical (unpaired) electrons. The predicted octanol–water partition coefficient (Wildman–Crippen LogP) is 5.15. The number of halogens is 13. The van der Waals surface area contributed by atoms with Crippen LogP contribution >= 0.6 is 0 Å². The van der Waals surface area contributed by atoms with E-state index in [1.54, 1.807) is 0 Å². The fraction of sp³-hybridized carbons (Fsp3) is 0.769. The molecule has 0 heterocycles. The Bertz CT molecular complexity index is 581. The zero-order valence-corrected chi connectivity index (χ0v) is 13.7. The van der Waals surface area contributed by atoms with Crippen LogP contribution in [-0.2, 0) is 4.79 Å². The first-order valence-electron chi connectivity index (χ1n) is 7.02. The summed E-state index contributed by atoms with van der Waals surface area (Å²) < 4.78 is 168. The molecule has 0 rings (SSSR count). The van der Waals surface area contributed by atoms with E-state index >= 15 is 0 Å². The van der Waals surface area contributed by atoms with Crippen LogP contribution in [0.5, 0.6) is 0 Å². The molecule has 28 heavy (non-hydrogen) atoms. The van der Waals surface area contributed by atoms with Gasteiger partial charge >= 0.3 is 35.8 Å². The van der Waals surface area contributed by atoms with Gasteiger partial charge in [0, 0.05) is 19.5 Å². The Hall–Kier alpha value is -1.70. The standard InChI is InChI=1S/C13H12F13NO/c1-3-7(28)27(4-2)6-5-8(14,15)9(16,17)10(18,19)11(20,21)12(22,23)13(24,25)26/h3H,1,4-6H2,2H3. The summed E-state index contributed by atoms with van der Waals surface area (Å²) in [4.78, 5) is 11.5. The van der Waals surface area contributed by atoms with Crippen LogP contribution in [0.25, 0.3) is 0 Å². The topological polar surface area (TPSA) is 20.3 Å². The first-order valence-corrected chi connectivity index (χ1v) is 7.02. The second kappa shape index (κ2) is 7.61. The molecule has 0 unspecified atom stereocenters. The number of rotatable bonds is 9. The van der Waals surface area contributed by atoms with Crippen molar-refractivity contribution < 1.29 is 61.9 Å². The van der Waals surface area contributed by atoms with Gasteiger partial charge in [-0.1, -0.05) is 6.58 Å². The molecule has 0 aliphatic carbocycles. The second-order valence-electron chi connectivity index (χ2n) is 5.37. The van der Waals surface area contributed by atoms with Crippen molar-refractivity contribution in [1.82, 2.24) is 4.90 Å². The van der Waals surface area contributed by atoms with Gasteiger partial charge in [0.1, 0.15) is 0 Å². The van der Waals surface area contributed by atoms with E-state index in [1.807, 2.05) is 0 Å². The van der Waals surface area contributed by atoms with Gasteiger partial charge in [-0.15, -0.1) is 0 Å². The number of amides is 1. The third-order valence-corrected chi connectivity index (χ3v) is 3.56. The largest absolute Gasteiger partial charge is 0.460 e. The van der Waals surface area contributed by atoms with E-state index in [2.05, 4.69) is 6.58 Å². The molecule has 0 bridgehead atoms. The fourth-order valence-electron chi connectivity index (χ4n) is 1.79. The van der Waals surface area contributed by atoms with Gasteiger partial charge in [-0.25, -0.2) is 0 Å². The van der Waals surface area contributed by atoms with Crippen LogP contribution in [0.3, 0.4) is 0 Å². The summed E-state index contributed by atoms with van der Waals surface area (Å²) in [7, 11) is 0. The Labute approximate surface area is 149 Å². The van der Waals surface area contributed by atoms with Crippen molar-refractivity contribution in [2.75, 3.05) is 13.1 Å². The Morgan fingerprint density at radius 1 is 0.786 bits per heavy atom. The molecular formula is C13H12F13NO. The molecule has 1 amide bonds. The van der Waals surface area contributed by atoms with Crippen molar-refractivity contribution in [2.24, 2.45) is 0 Å². The minimum absolute atomic E-state index is 0.331. The van der Waals surface area contributed by atoms with Gasteiger partial charge in [0.05, 0.1) is 0 Å². The third-order valence-electron chi connectivity index (χ3n) is 3.56. The van der Waals surface area contributed by atoms with Crippen LogP contribution in [0.2, 0.25) is 0 Å². The number of hydrogen-bond donors (Lipinski definition) is 0. The molecule has 0 saturated carbocycles. The Morgan fingerprint density at radius 3 is 1.50 bits per heavy atom. The number of nitrogens with zero attached hydrogens (tertiary/aromatic N) is 1. The van der Waals surface area contributed by atoms with Crippen LogP contribution < -0.4 is 0 Å². The summed E-state index contributed by atoms with van der Waals surface area (Å²) >= 11 is 0. The molecule has 0 N–H and O–H groups in total. The zero-order chi connectivity index (χ0) is 23.0. The van der Waals surface area contributed by atoms with E-state index in [0.717, 1.165) is 6.92 Å². The number of carbonyl (C=O) groups excluding carboxylic acids is 1. The summed E-state index contributed by atoms with van der Waals surface area (Å²) in [5.41, 5.74) is 0. The van der Waals surface area contributed by atoms with E-state index in [4.69, 9.17) is 0 Å². The molecule has 0 aliphatic heterocycles. The van der Waals surface area contributed by atoms with Gasteiger partial charge < -0.3 is 4.90 Å². The lowest BCUT2D eigenvalue weighted by Gasteiger charge is -2.40. The van der Waals surface area contributed by atoms with Crippen molar-refractivity contribution >= 4 is 5.91 Å². The quantitative estimate of drug-likeness (QED) is 0.355. The molecule has 0 aliphatic rings. The lowest BCUT2D eigenvalue weighted by Crippen LogP contribution is -2.70. The van der Waals surface area contributed by atoms with Gasteiger partial charge in [-0.05, 0) is 13.0 Å². The fourth-order valence-corrected chi connectivity index (χ4v) is 1.79. The molecule has 0 aromatic rings. The van der Waals surface area contributed by atoms with Crippen LogP contribution in [0, 0.1) is 0 Å². The average Bonchev–Trinajstić information content (AvgIpc) is 2.53. The average molecular weight is 445 g/mol. The highest BCUT2D eigenvalue weighted by molar-refractivity contribution is 5.86. The van der Waals surface area contributed by atoms with Gasteiger partial charge in [0.15, 0.2) is 0 Å². The molecule has 0 spiro atoms. The van der Waals surface area contributed by atoms with Gasteiger partial charge in [0.2, 0.25) is 5.91 Å². The van der Waals surface area contributed by atoms with Crippen LogP contribution in [0.15, 0.2) is 12.7 Å². The second-order valence-corrected chi connectivity index (χ2v) is 5.37. The Morgan fingerprint density at radius 2 is 1.18 bits per heavy atom. The van der Waals surface area contributed by atoms with Crippen LogP contribution in [0.1, 0.15) is 13.3 Å². The van der Waals surface area contributed by atoms with Crippen molar-refractivity contribution in [3.8, 4) is 0 Å². The molecule has 0 saturated heterocycles. The molecule has 166 valence electrons. The number of carbonyl (C=O) groups is 1. The van der Waals surface area contributed by atoms with Crippen LogP contribution in [-0.4, -0.2) is 59.7 Å². The van der Waals surface area contributed by atoms with Gasteiger partial charge in [-0.3, -0.25) is 4.79 Å². The maximum Gasteiger partial charge on any atom is 0.460 e. The minimum Gasteiger partial charge on any atom is -0.339 e. The van der Waals surface area contributed by atoms with E-state index in [1.165, 1.54) is 0 Å². The maximum atomic E-state index is 13.5. The first-order chi connectivity index (χ1) is 12.2. The van der Waals surface area contributed by atoms with Gasteiger partial charge in [-0.2, -0.15) is 57.1 Å². The molecule has 2 nitrogen and oxygen atoms in total. The monoisotopic (exact) mass is 445 g/mol. The number of alkyl halides is 13. The third kappa shape index (κ3) is 4.02. The number of likely N-dealkylation sites (N-methyl/N-ethyl adjacent to an activating group) is 1. The number of hydrogen-bond acceptors (Lipinski definition) is 1.